The molecule has 162 valence electrons. The van der Waals surface area contributed by atoms with Crippen LogP contribution >= 0.6 is 11.8 Å². The van der Waals surface area contributed by atoms with Crippen molar-refractivity contribution in [2.75, 3.05) is 18.1 Å². The van der Waals surface area contributed by atoms with E-state index in [1.807, 2.05) is 0 Å². The lowest BCUT2D eigenvalue weighted by Gasteiger charge is -2.30. The number of hydrogen-bond acceptors (Lipinski definition) is 5. The zero-order chi connectivity index (χ0) is 20.6. The van der Waals surface area contributed by atoms with E-state index >= 15 is 0 Å². The summed E-state index contributed by atoms with van der Waals surface area (Å²) in [6.07, 6.45) is 17.9. The number of carbonyl (C=O) groups excluding carboxylic acids is 1. The summed E-state index contributed by atoms with van der Waals surface area (Å²) >= 11 is 1.38. The van der Waals surface area contributed by atoms with Crippen LogP contribution in [0.4, 0.5) is 0 Å². The first-order valence-corrected chi connectivity index (χ1v) is 11.8. The summed E-state index contributed by atoms with van der Waals surface area (Å²) in [6.45, 7) is 1.26. The molecule has 2 aliphatic carbocycles. The molecule has 7 heteroatoms. The summed E-state index contributed by atoms with van der Waals surface area (Å²) in [4.78, 5) is 21.3. The van der Waals surface area contributed by atoms with E-state index in [4.69, 9.17) is 10.2 Å². The van der Waals surface area contributed by atoms with Gasteiger partial charge in [0.15, 0.2) is 0 Å². The lowest BCUT2D eigenvalue weighted by Crippen LogP contribution is -2.41. The van der Waals surface area contributed by atoms with Crippen molar-refractivity contribution >= 4 is 23.6 Å². The maximum absolute atomic E-state index is 10.7. The molecular formula is C21H38N2O4S. The van der Waals surface area contributed by atoms with Crippen LogP contribution in [0.2, 0.25) is 0 Å². The Hall–Kier alpha value is -1.05. The van der Waals surface area contributed by atoms with Crippen molar-refractivity contribution < 1.29 is 19.8 Å². The fourth-order valence-corrected chi connectivity index (χ4v) is 4.56. The van der Waals surface area contributed by atoms with Crippen molar-refractivity contribution in [3.63, 3.8) is 0 Å². The van der Waals surface area contributed by atoms with Gasteiger partial charge in [0.2, 0.25) is 5.91 Å². The molecule has 2 saturated carbocycles. The molecule has 0 radical (unpaired) electrons. The number of carboxylic acid groups (broad SMARTS) is 1. The topological polar surface area (TPSA) is 98.7 Å². The summed E-state index contributed by atoms with van der Waals surface area (Å²) in [5, 5.41) is 23.4. The summed E-state index contributed by atoms with van der Waals surface area (Å²) in [7, 11) is 0. The van der Waals surface area contributed by atoms with E-state index in [0.717, 1.165) is 12.1 Å². The standard InChI is InChI=1S/C12H23N.C9H15NO4S/c1-3-7-11(8-4-1)13-12-9-5-2-6-10-12;1-7(12)10-8(9(13)14)6-15-5-3-2-4-11/h11-13H,1-10H2;2-3,8,11H,4-6H2,1H3,(H,10,12)(H,13,14)/b;3-2+/t;8-/m.0/s1/i;6+1,8+1,9+1. The number of carbonyl (C=O) groups is 2. The first-order valence-electron chi connectivity index (χ1n) is 10.6. The van der Waals surface area contributed by atoms with Crippen LogP contribution in [0.15, 0.2) is 12.2 Å². The lowest BCUT2D eigenvalue weighted by atomic mass is 9.91. The van der Waals surface area contributed by atoms with E-state index in [1.165, 1.54) is 82.9 Å². The Morgan fingerprint density at radius 2 is 1.54 bits per heavy atom. The van der Waals surface area contributed by atoms with Crippen LogP contribution in [0.5, 0.6) is 0 Å². The average Bonchev–Trinajstić information content (AvgIpc) is 2.68. The maximum Gasteiger partial charge on any atom is 0.327 e. The van der Waals surface area contributed by atoms with E-state index in [0.29, 0.717) is 11.5 Å². The van der Waals surface area contributed by atoms with Gasteiger partial charge in [-0.05, 0) is 25.7 Å². The van der Waals surface area contributed by atoms with Gasteiger partial charge >= 0.3 is 5.97 Å². The highest BCUT2D eigenvalue weighted by atomic mass is 32.2. The Kier molecular flexibility index (Phi) is 14.1. The summed E-state index contributed by atoms with van der Waals surface area (Å²) in [5.74, 6) is -0.466. The van der Waals surface area contributed by atoms with Crippen LogP contribution in [-0.4, -0.2) is 58.3 Å². The monoisotopic (exact) mass is 417 g/mol. The van der Waals surface area contributed by atoms with Gasteiger partial charge in [0.1, 0.15) is 6.04 Å². The second-order valence-electron chi connectivity index (χ2n) is 7.62. The van der Waals surface area contributed by atoms with E-state index in [-0.39, 0.29) is 12.5 Å². The van der Waals surface area contributed by atoms with Crippen molar-refractivity contribution in [2.24, 2.45) is 0 Å². The molecule has 0 aromatic heterocycles. The number of carboxylic acids is 1. The molecule has 0 saturated heterocycles. The molecule has 6 nitrogen and oxygen atoms in total. The molecule has 0 heterocycles. The second kappa shape index (κ2) is 15.8. The number of nitrogens with one attached hydrogen (secondary N) is 2. The Bertz CT molecular complexity index is 445. The molecule has 4 N–H and O–H groups in total. The van der Waals surface area contributed by atoms with Crippen molar-refractivity contribution in [1.29, 1.82) is 0 Å². The van der Waals surface area contributed by atoms with Crippen LogP contribution in [0.3, 0.4) is 0 Å². The SMILES string of the molecule is C1CCC(NC2CCCCC2)CC1.CC(=O)N[13C@@H]([13CH2]SC/C=C/CO)[13C](=O)O. The molecule has 0 aromatic rings. The Labute approximate surface area is 173 Å². The van der Waals surface area contributed by atoms with Gasteiger partial charge in [-0.2, -0.15) is 11.8 Å². The van der Waals surface area contributed by atoms with Crippen molar-refractivity contribution in [2.45, 2.75) is 89.3 Å². The molecule has 0 aliphatic heterocycles. The van der Waals surface area contributed by atoms with Gasteiger partial charge < -0.3 is 20.8 Å². The van der Waals surface area contributed by atoms with Crippen LogP contribution in [0, 0.1) is 0 Å². The zero-order valence-corrected chi connectivity index (χ0v) is 18.0. The molecule has 2 fully saturated rings. The van der Waals surface area contributed by atoms with Crippen molar-refractivity contribution in [3.05, 3.63) is 12.2 Å². The van der Waals surface area contributed by atoms with E-state index < -0.39 is 12.0 Å². The Morgan fingerprint density at radius 3 is 1.96 bits per heavy atom. The minimum Gasteiger partial charge on any atom is -0.480 e. The highest BCUT2D eigenvalue weighted by Crippen LogP contribution is 2.22. The normalized spacial score (nSPS) is 19.6. The van der Waals surface area contributed by atoms with E-state index in [9.17, 15) is 9.59 Å². The molecule has 1 atom stereocenters. The van der Waals surface area contributed by atoms with Crippen LogP contribution in [0.1, 0.15) is 71.1 Å². The van der Waals surface area contributed by atoms with Crippen LogP contribution in [-0.2, 0) is 9.59 Å². The number of hydrogen-bond donors (Lipinski definition) is 4. The highest BCUT2D eigenvalue weighted by Gasteiger charge is 2.19. The van der Waals surface area contributed by atoms with E-state index in [2.05, 4.69) is 10.6 Å². The number of thioether (sulfide) groups is 1. The first-order chi connectivity index (χ1) is 13.5. The van der Waals surface area contributed by atoms with Gasteiger partial charge in [-0.15, -0.1) is 0 Å². The average molecular weight is 418 g/mol. The smallest absolute Gasteiger partial charge is 0.327 e. The second-order valence-corrected chi connectivity index (χ2v) is 8.69. The number of aliphatic hydroxyl groups excluding tert-OH is 1. The van der Waals surface area contributed by atoms with Gasteiger partial charge in [0.25, 0.3) is 0 Å². The lowest BCUT2D eigenvalue weighted by molar-refractivity contribution is -0.140. The largest absolute Gasteiger partial charge is 0.480 e. The maximum atomic E-state index is 10.7. The Morgan fingerprint density at radius 1 is 1.00 bits per heavy atom. The highest BCUT2D eigenvalue weighted by molar-refractivity contribution is 7.99. The predicted octanol–water partition coefficient (Wildman–Crippen LogP) is 3.10. The quantitative estimate of drug-likeness (QED) is 0.261. The molecule has 0 unspecified atom stereocenters. The van der Waals surface area contributed by atoms with Gasteiger partial charge in [-0.25, -0.2) is 4.79 Å². The Balaban J connectivity index is 0.000000281. The number of aliphatic carboxylic acids is 1. The summed E-state index contributed by atoms with van der Waals surface area (Å²) in [6, 6.07) is 0.892. The number of aliphatic hydroxyl groups is 1. The fourth-order valence-electron chi connectivity index (χ4n) is 3.69. The molecular weight excluding hydrogens is 379 g/mol. The third-order valence-electron chi connectivity index (χ3n) is 5.13. The van der Waals surface area contributed by atoms with Crippen LogP contribution in [0.25, 0.3) is 0 Å². The number of rotatable bonds is 9. The molecule has 28 heavy (non-hydrogen) atoms. The third-order valence-corrected chi connectivity index (χ3v) is 6.13. The third kappa shape index (κ3) is 12.4. The predicted molar refractivity (Wildman–Crippen MR) is 116 cm³/mol. The summed E-state index contributed by atoms with van der Waals surface area (Å²) < 4.78 is 0. The van der Waals surface area contributed by atoms with E-state index in [1.54, 1.807) is 12.2 Å². The molecule has 0 aromatic carbocycles. The van der Waals surface area contributed by atoms with Gasteiger partial charge in [-0.3, -0.25) is 4.79 Å². The van der Waals surface area contributed by atoms with Crippen LogP contribution < -0.4 is 10.6 Å². The minimum absolute atomic E-state index is 0.0192. The molecule has 0 spiro atoms. The van der Waals surface area contributed by atoms with Crippen molar-refractivity contribution in [3.8, 4) is 0 Å². The molecule has 2 aliphatic rings. The molecule has 2 rings (SSSR count). The summed E-state index contributed by atoms with van der Waals surface area (Å²) in [5.41, 5.74) is 0. The zero-order valence-electron chi connectivity index (χ0n) is 17.2. The van der Waals surface area contributed by atoms with Gasteiger partial charge in [0, 0.05) is 30.5 Å². The molecule has 1 amide bonds. The first kappa shape index (κ1) is 25.0. The van der Waals surface area contributed by atoms with Gasteiger partial charge in [0.05, 0.1) is 6.61 Å². The van der Waals surface area contributed by atoms with Gasteiger partial charge in [-0.1, -0.05) is 50.7 Å². The fraction of sp³-hybridized carbons (Fsp3) is 0.810. The molecule has 0 bridgehead atoms. The number of amides is 1. The minimum atomic E-state index is -1.04. The van der Waals surface area contributed by atoms with Crippen molar-refractivity contribution in [1.82, 2.24) is 10.6 Å².